The number of nitrogens with zero attached hydrogens (tertiary/aromatic N) is 3. The first kappa shape index (κ1) is 14.2. The molecular weight excluding hydrogens is 214 g/mol. The van der Waals surface area contributed by atoms with Gasteiger partial charge in [0.2, 0.25) is 0 Å². The Morgan fingerprint density at radius 3 is 2.76 bits per heavy atom. The van der Waals surface area contributed by atoms with Crippen LogP contribution >= 0.6 is 0 Å². The standard InChI is InChI=1S/C12H25N5/c1-5-10(2)17-7-6-11(15-17)8-12(14-13)9-16(3)4/h6-7,10,12,14H,5,8-9,13H2,1-4H3. The molecule has 0 aromatic carbocycles. The fourth-order valence-corrected chi connectivity index (χ4v) is 1.79. The van der Waals surface area contributed by atoms with Crippen LogP contribution in [0.25, 0.3) is 0 Å². The normalized spacial score (nSPS) is 15.2. The Kier molecular flexibility index (Phi) is 5.61. The number of aromatic nitrogens is 2. The van der Waals surface area contributed by atoms with Gasteiger partial charge in [0.25, 0.3) is 0 Å². The van der Waals surface area contributed by atoms with Crippen molar-refractivity contribution in [3.63, 3.8) is 0 Å². The Hall–Kier alpha value is -0.910. The van der Waals surface area contributed by atoms with E-state index in [0.29, 0.717) is 6.04 Å². The Morgan fingerprint density at radius 2 is 2.24 bits per heavy atom. The van der Waals surface area contributed by atoms with Crippen LogP contribution in [0.3, 0.4) is 0 Å². The fraction of sp³-hybridized carbons (Fsp3) is 0.750. The maximum absolute atomic E-state index is 5.55. The lowest BCUT2D eigenvalue weighted by Crippen LogP contribution is -2.43. The summed E-state index contributed by atoms with van der Waals surface area (Å²) in [7, 11) is 4.09. The quantitative estimate of drug-likeness (QED) is 0.545. The van der Waals surface area contributed by atoms with E-state index in [1.807, 2.05) is 25.0 Å². The average Bonchev–Trinajstić information content (AvgIpc) is 2.75. The van der Waals surface area contributed by atoms with Gasteiger partial charge in [0.15, 0.2) is 0 Å². The first-order valence-corrected chi connectivity index (χ1v) is 6.21. The molecule has 5 nitrogen and oxygen atoms in total. The van der Waals surface area contributed by atoms with Crippen molar-refractivity contribution >= 4 is 0 Å². The molecule has 1 aromatic rings. The van der Waals surface area contributed by atoms with Crippen LogP contribution in [0.2, 0.25) is 0 Å². The molecule has 2 atom stereocenters. The van der Waals surface area contributed by atoms with E-state index in [0.717, 1.165) is 25.1 Å². The summed E-state index contributed by atoms with van der Waals surface area (Å²) in [6.45, 7) is 5.25. The van der Waals surface area contributed by atoms with E-state index < -0.39 is 0 Å². The van der Waals surface area contributed by atoms with E-state index in [9.17, 15) is 0 Å². The lowest BCUT2D eigenvalue weighted by molar-refractivity contribution is 0.336. The molecular formula is C12H25N5. The zero-order valence-electron chi connectivity index (χ0n) is 11.3. The molecule has 0 aliphatic rings. The first-order valence-electron chi connectivity index (χ1n) is 6.21. The van der Waals surface area contributed by atoms with Crippen LogP contribution in [0.1, 0.15) is 32.0 Å². The van der Waals surface area contributed by atoms with E-state index in [-0.39, 0.29) is 6.04 Å². The molecule has 0 saturated carbocycles. The number of nitrogens with one attached hydrogen (secondary N) is 1. The zero-order valence-corrected chi connectivity index (χ0v) is 11.3. The van der Waals surface area contributed by atoms with Gasteiger partial charge in [-0.2, -0.15) is 5.10 Å². The molecule has 1 heterocycles. The number of hydrazine groups is 1. The second-order valence-corrected chi connectivity index (χ2v) is 4.87. The molecule has 3 N–H and O–H groups in total. The van der Waals surface area contributed by atoms with Crippen LogP contribution < -0.4 is 11.3 Å². The van der Waals surface area contributed by atoms with E-state index in [1.165, 1.54) is 0 Å². The highest BCUT2D eigenvalue weighted by atomic mass is 15.3. The van der Waals surface area contributed by atoms with Gasteiger partial charge in [0.1, 0.15) is 0 Å². The van der Waals surface area contributed by atoms with Crippen molar-refractivity contribution in [1.82, 2.24) is 20.1 Å². The number of nitrogens with two attached hydrogens (primary N) is 1. The average molecular weight is 239 g/mol. The van der Waals surface area contributed by atoms with Crippen LogP contribution in [-0.2, 0) is 6.42 Å². The lowest BCUT2D eigenvalue weighted by Gasteiger charge is -2.19. The number of rotatable bonds is 7. The Morgan fingerprint density at radius 1 is 1.53 bits per heavy atom. The number of hydrogen-bond donors (Lipinski definition) is 2. The molecule has 2 unspecified atom stereocenters. The topological polar surface area (TPSA) is 59.1 Å². The van der Waals surface area contributed by atoms with Gasteiger partial charge in [-0.1, -0.05) is 6.92 Å². The van der Waals surface area contributed by atoms with Crippen molar-refractivity contribution in [2.24, 2.45) is 5.84 Å². The summed E-state index contributed by atoms with van der Waals surface area (Å²) in [5.41, 5.74) is 3.94. The van der Waals surface area contributed by atoms with Gasteiger partial charge < -0.3 is 4.90 Å². The molecule has 17 heavy (non-hydrogen) atoms. The van der Waals surface area contributed by atoms with E-state index >= 15 is 0 Å². The van der Waals surface area contributed by atoms with Gasteiger partial charge in [0, 0.05) is 31.2 Å². The maximum Gasteiger partial charge on any atom is 0.0641 e. The Labute approximate surface area is 104 Å². The van der Waals surface area contributed by atoms with Gasteiger partial charge in [0.05, 0.1) is 5.69 Å². The van der Waals surface area contributed by atoms with Gasteiger partial charge in [-0.05, 0) is 33.5 Å². The fourth-order valence-electron chi connectivity index (χ4n) is 1.79. The van der Waals surface area contributed by atoms with Crippen molar-refractivity contribution in [3.05, 3.63) is 18.0 Å². The van der Waals surface area contributed by atoms with Crippen LogP contribution in [-0.4, -0.2) is 41.4 Å². The summed E-state index contributed by atoms with van der Waals surface area (Å²) in [5.74, 6) is 5.55. The van der Waals surface area contributed by atoms with E-state index in [4.69, 9.17) is 5.84 Å². The smallest absolute Gasteiger partial charge is 0.0641 e. The van der Waals surface area contributed by atoms with Crippen molar-refractivity contribution in [3.8, 4) is 0 Å². The monoisotopic (exact) mass is 239 g/mol. The first-order chi connectivity index (χ1) is 8.06. The van der Waals surface area contributed by atoms with Crippen LogP contribution in [0.5, 0.6) is 0 Å². The molecule has 5 heteroatoms. The van der Waals surface area contributed by atoms with Crippen LogP contribution in [0.15, 0.2) is 12.3 Å². The molecule has 0 bridgehead atoms. The van der Waals surface area contributed by atoms with E-state index in [1.54, 1.807) is 0 Å². The van der Waals surface area contributed by atoms with Gasteiger partial charge in [-0.15, -0.1) is 0 Å². The third-order valence-electron chi connectivity index (χ3n) is 2.98. The summed E-state index contributed by atoms with van der Waals surface area (Å²) < 4.78 is 2.03. The lowest BCUT2D eigenvalue weighted by atomic mass is 10.1. The Balaban J connectivity index is 2.58. The highest BCUT2D eigenvalue weighted by Crippen LogP contribution is 2.10. The summed E-state index contributed by atoms with van der Waals surface area (Å²) >= 11 is 0. The molecule has 0 aliphatic heterocycles. The molecule has 98 valence electrons. The Bertz CT molecular complexity index is 320. The molecule has 0 radical (unpaired) electrons. The zero-order chi connectivity index (χ0) is 12.8. The number of hydrogen-bond acceptors (Lipinski definition) is 4. The molecule has 0 fully saturated rings. The summed E-state index contributed by atoms with van der Waals surface area (Å²) in [6, 6.07) is 2.78. The van der Waals surface area contributed by atoms with Crippen molar-refractivity contribution in [2.75, 3.05) is 20.6 Å². The second-order valence-electron chi connectivity index (χ2n) is 4.87. The minimum atomic E-state index is 0.241. The van der Waals surface area contributed by atoms with Gasteiger partial charge in [-0.3, -0.25) is 16.0 Å². The van der Waals surface area contributed by atoms with Crippen LogP contribution in [0.4, 0.5) is 0 Å². The molecule has 0 aliphatic carbocycles. The summed E-state index contributed by atoms with van der Waals surface area (Å²) in [4.78, 5) is 2.12. The molecule has 1 rings (SSSR count). The summed E-state index contributed by atoms with van der Waals surface area (Å²) in [5, 5.41) is 4.58. The molecule has 0 saturated heterocycles. The molecule has 1 aromatic heterocycles. The predicted octanol–water partition coefficient (Wildman–Crippen LogP) is 0.790. The van der Waals surface area contributed by atoms with Crippen LogP contribution in [0, 0.1) is 0 Å². The predicted molar refractivity (Wildman–Crippen MR) is 70.6 cm³/mol. The third-order valence-corrected chi connectivity index (χ3v) is 2.98. The minimum Gasteiger partial charge on any atom is -0.308 e. The third kappa shape index (κ3) is 4.46. The second kappa shape index (κ2) is 6.74. The van der Waals surface area contributed by atoms with Gasteiger partial charge in [-0.25, -0.2) is 0 Å². The van der Waals surface area contributed by atoms with Crippen molar-refractivity contribution < 1.29 is 0 Å². The number of likely N-dealkylation sites (N-methyl/N-ethyl adjacent to an activating group) is 1. The SMILES string of the molecule is CCC(C)n1ccc(CC(CN(C)C)NN)n1. The molecule has 0 spiro atoms. The van der Waals surface area contributed by atoms with E-state index in [2.05, 4.69) is 35.3 Å². The minimum absolute atomic E-state index is 0.241. The highest BCUT2D eigenvalue weighted by molar-refractivity contribution is 5.02. The largest absolute Gasteiger partial charge is 0.308 e. The van der Waals surface area contributed by atoms with Crippen molar-refractivity contribution in [2.45, 2.75) is 38.8 Å². The summed E-state index contributed by atoms with van der Waals surface area (Å²) in [6.07, 6.45) is 4.00. The van der Waals surface area contributed by atoms with Gasteiger partial charge >= 0.3 is 0 Å². The highest BCUT2D eigenvalue weighted by Gasteiger charge is 2.11. The molecule has 0 amide bonds. The maximum atomic E-state index is 5.55. The van der Waals surface area contributed by atoms with Crippen molar-refractivity contribution in [1.29, 1.82) is 0 Å².